The van der Waals surface area contributed by atoms with Crippen LogP contribution in [0.15, 0.2) is 0 Å². The first-order valence-electron chi connectivity index (χ1n) is 6.60. The minimum Gasteiger partial charge on any atom is -0.366 e. The molecule has 3 nitrogen and oxygen atoms in total. The van der Waals surface area contributed by atoms with Crippen molar-refractivity contribution >= 4 is 0 Å². The smallest absolute Gasteiger partial charge is 0.0991 e. The lowest BCUT2D eigenvalue weighted by molar-refractivity contribution is -0.00845. The van der Waals surface area contributed by atoms with E-state index in [4.69, 9.17) is 4.74 Å². The van der Waals surface area contributed by atoms with Crippen LogP contribution in [-0.4, -0.2) is 55.9 Å². The second-order valence-electron chi connectivity index (χ2n) is 5.71. The molecule has 3 heteroatoms. The first kappa shape index (κ1) is 13.9. The Morgan fingerprint density at radius 2 is 1.44 bits per heavy atom. The summed E-state index contributed by atoms with van der Waals surface area (Å²) in [4.78, 5) is 4.98. The van der Waals surface area contributed by atoms with Gasteiger partial charge < -0.3 is 9.64 Å². The lowest BCUT2D eigenvalue weighted by Gasteiger charge is -2.35. The van der Waals surface area contributed by atoms with E-state index in [1.807, 2.05) is 0 Å². The topological polar surface area (TPSA) is 15.7 Å². The second-order valence-corrected chi connectivity index (χ2v) is 5.71. The van der Waals surface area contributed by atoms with Gasteiger partial charge in [0, 0.05) is 32.7 Å². The van der Waals surface area contributed by atoms with Crippen LogP contribution < -0.4 is 0 Å². The van der Waals surface area contributed by atoms with Crippen LogP contribution in [0.4, 0.5) is 0 Å². The fraction of sp³-hybridized carbons (Fsp3) is 1.00. The molecule has 1 aliphatic rings. The van der Waals surface area contributed by atoms with Crippen LogP contribution >= 0.6 is 0 Å². The van der Waals surface area contributed by atoms with Gasteiger partial charge >= 0.3 is 0 Å². The molecular weight excluding hydrogens is 200 g/mol. The molecule has 16 heavy (non-hydrogen) atoms. The van der Waals surface area contributed by atoms with Crippen molar-refractivity contribution in [2.45, 2.75) is 27.7 Å². The van der Waals surface area contributed by atoms with Gasteiger partial charge in [-0.2, -0.15) is 0 Å². The fourth-order valence-electron chi connectivity index (χ4n) is 2.03. The molecule has 96 valence electrons. The molecule has 1 fully saturated rings. The van der Waals surface area contributed by atoms with Gasteiger partial charge in [-0.25, -0.2) is 0 Å². The highest BCUT2D eigenvalue weighted by atomic mass is 16.5. The van der Waals surface area contributed by atoms with E-state index in [1.165, 1.54) is 19.6 Å². The van der Waals surface area contributed by atoms with E-state index in [0.29, 0.717) is 5.92 Å². The summed E-state index contributed by atoms with van der Waals surface area (Å²) in [5.74, 6) is 1.42. The lowest BCUT2D eigenvalue weighted by atomic mass is 10.2. The van der Waals surface area contributed by atoms with Crippen molar-refractivity contribution in [3.63, 3.8) is 0 Å². The van der Waals surface area contributed by atoms with Crippen LogP contribution in [0.1, 0.15) is 27.7 Å². The van der Waals surface area contributed by atoms with Crippen LogP contribution in [0, 0.1) is 11.8 Å². The molecular formula is C13H28N2O. The van der Waals surface area contributed by atoms with Crippen LogP contribution in [0.25, 0.3) is 0 Å². The molecule has 0 unspecified atom stereocenters. The molecule has 1 aliphatic heterocycles. The quantitative estimate of drug-likeness (QED) is 0.690. The van der Waals surface area contributed by atoms with Crippen LogP contribution in [0.3, 0.4) is 0 Å². The summed E-state index contributed by atoms with van der Waals surface area (Å²) in [5, 5.41) is 0. The Hall–Kier alpha value is -0.120. The zero-order chi connectivity index (χ0) is 12.0. The van der Waals surface area contributed by atoms with Gasteiger partial charge in [-0.05, 0) is 11.8 Å². The number of hydrogen-bond donors (Lipinski definition) is 0. The predicted octanol–water partition coefficient (Wildman–Crippen LogP) is 1.89. The number of nitrogens with zero attached hydrogens (tertiary/aromatic N) is 2. The highest BCUT2D eigenvalue weighted by molar-refractivity contribution is 4.70. The van der Waals surface area contributed by atoms with E-state index in [1.54, 1.807) is 0 Å². The van der Waals surface area contributed by atoms with E-state index < -0.39 is 0 Å². The molecule has 0 atom stereocenters. The lowest BCUT2D eigenvalue weighted by Crippen LogP contribution is -2.48. The van der Waals surface area contributed by atoms with Crippen LogP contribution in [0.5, 0.6) is 0 Å². The third-order valence-corrected chi connectivity index (χ3v) is 2.81. The highest BCUT2D eigenvalue weighted by Crippen LogP contribution is 2.05. The summed E-state index contributed by atoms with van der Waals surface area (Å²) in [6, 6.07) is 0. The summed E-state index contributed by atoms with van der Waals surface area (Å²) in [7, 11) is 0. The Balaban J connectivity index is 2.07. The van der Waals surface area contributed by atoms with Gasteiger partial charge in [-0.1, -0.05) is 27.7 Å². The maximum Gasteiger partial charge on any atom is 0.0991 e. The monoisotopic (exact) mass is 228 g/mol. The molecule has 0 bridgehead atoms. The third-order valence-electron chi connectivity index (χ3n) is 2.81. The van der Waals surface area contributed by atoms with Crippen molar-refractivity contribution in [3.8, 4) is 0 Å². The molecule has 1 saturated heterocycles. The molecule has 0 aliphatic carbocycles. The van der Waals surface area contributed by atoms with Gasteiger partial charge in [-0.15, -0.1) is 0 Å². The largest absolute Gasteiger partial charge is 0.366 e. The molecule has 1 heterocycles. The van der Waals surface area contributed by atoms with Gasteiger partial charge in [0.15, 0.2) is 0 Å². The fourth-order valence-corrected chi connectivity index (χ4v) is 2.03. The molecule has 0 amide bonds. The van der Waals surface area contributed by atoms with Crippen molar-refractivity contribution < 1.29 is 4.74 Å². The van der Waals surface area contributed by atoms with Gasteiger partial charge in [0.05, 0.1) is 13.3 Å². The van der Waals surface area contributed by atoms with Crippen LogP contribution in [-0.2, 0) is 4.74 Å². The molecule has 0 aromatic rings. The van der Waals surface area contributed by atoms with Crippen LogP contribution in [0.2, 0.25) is 0 Å². The van der Waals surface area contributed by atoms with E-state index in [9.17, 15) is 0 Å². The molecule has 1 rings (SSSR count). The predicted molar refractivity (Wildman–Crippen MR) is 68.5 cm³/mol. The summed E-state index contributed by atoms with van der Waals surface area (Å²) in [6.45, 7) is 16.6. The van der Waals surface area contributed by atoms with Crippen molar-refractivity contribution in [3.05, 3.63) is 0 Å². The minimum atomic E-state index is 0.641. The average Bonchev–Trinajstić information content (AvgIpc) is 2.19. The number of ether oxygens (including phenoxy) is 1. The Morgan fingerprint density at radius 1 is 0.875 bits per heavy atom. The molecule has 0 spiro atoms. The van der Waals surface area contributed by atoms with Gasteiger partial charge in [0.1, 0.15) is 0 Å². The second kappa shape index (κ2) is 7.25. The zero-order valence-corrected chi connectivity index (χ0v) is 11.4. The Labute approximate surface area is 101 Å². The van der Waals surface area contributed by atoms with Crippen molar-refractivity contribution in [2.75, 3.05) is 46.1 Å². The van der Waals surface area contributed by atoms with Gasteiger partial charge in [-0.3, -0.25) is 4.90 Å². The zero-order valence-electron chi connectivity index (χ0n) is 11.4. The maximum atomic E-state index is 5.66. The van der Waals surface area contributed by atoms with E-state index in [-0.39, 0.29) is 0 Å². The SMILES string of the molecule is CC(C)COCN1CCN(CC(C)C)CC1. The summed E-state index contributed by atoms with van der Waals surface area (Å²) in [5.41, 5.74) is 0. The molecule has 0 radical (unpaired) electrons. The maximum absolute atomic E-state index is 5.66. The third kappa shape index (κ3) is 5.83. The first-order chi connectivity index (χ1) is 7.58. The Kier molecular flexibility index (Phi) is 6.32. The van der Waals surface area contributed by atoms with Crippen molar-refractivity contribution in [1.82, 2.24) is 9.80 Å². The number of rotatable bonds is 6. The molecule has 0 saturated carbocycles. The van der Waals surface area contributed by atoms with Gasteiger partial charge in [0.25, 0.3) is 0 Å². The molecule has 0 N–H and O–H groups in total. The van der Waals surface area contributed by atoms with Crippen molar-refractivity contribution in [2.24, 2.45) is 11.8 Å². The van der Waals surface area contributed by atoms with Gasteiger partial charge in [0.2, 0.25) is 0 Å². The van der Waals surface area contributed by atoms with Crippen molar-refractivity contribution in [1.29, 1.82) is 0 Å². The van der Waals surface area contributed by atoms with E-state index in [2.05, 4.69) is 37.5 Å². The molecule has 0 aromatic carbocycles. The first-order valence-corrected chi connectivity index (χ1v) is 6.60. The van der Waals surface area contributed by atoms with E-state index >= 15 is 0 Å². The highest BCUT2D eigenvalue weighted by Gasteiger charge is 2.17. The molecule has 0 aromatic heterocycles. The summed E-state index contributed by atoms with van der Waals surface area (Å²) >= 11 is 0. The Bertz CT molecular complexity index is 175. The average molecular weight is 228 g/mol. The normalized spacial score (nSPS) is 19.9. The standard InChI is InChI=1S/C13H28N2O/c1-12(2)9-14-5-7-15(8-6-14)11-16-10-13(3)4/h12-13H,5-11H2,1-4H3. The number of hydrogen-bond acceptors (Lipinski definition) is 3. The Morgan fingerprint density at radius 3 is 1.94 bits per heavy atom. The van der Waals surface area contributed by atoms with E-state index in [0.717, 1.165) is 32.3 Å². The number of piperazine rings is 1. The summed E-state index contributed by atoms with van der Waals surface area (Å²) in [6.07, 6.45) is 0. The minimum absolute atomic E-state index is 0.641. The summed E-state index contributed by atoms with van der Waals surface area (Å²) < 4.78 is 5.66.